The topological polar surface area (TPSA) is 54.4 Å². The summed E-state index contributed by atoms with van der Waals surface area (Å²) in [5.74, 6) is 0. The van der Waals surface area contributed by atoms with Gasteiger partial charge in [0, 0.05) is 0 Å². The molecular weight excluding hydrogens is 741 g/mol. The molecule has 0 saturated carbocycles. The van der Waals surface area contributed by atoms with E-state index in [1.165, 1.54) is 301 Å². The van der Waals surface area contributed by atoms with Crippen molar-refractivity contribution in [2.24, 2.45) is 0 Å². The third kappa shape index (κ3) is 42.2. The largest absolute Gasteiger partial charge is 0.294 e. The van der Waals surface area contributed by atoms with Gasteiger partial charge in [0.25, 0.3) is 10.1 Å². The van der Waals surface area contributed by atoms with Crippen molar-refractivity contribution in [1.82, 2.24) is 0 Å². The summed E-state index contributed by atoms with van der Waals surface area (Å²) in [6, 6.07) is 6.71. The van der Waals surface area contributed by atoms with Crippen LogP contribution in [-0.2, 0) is 16.5 Å². The lowest BCUT2D eigenvalue weighted by atomic mass is 10.0. The van der Waals surface area contributed by atoms with Gasteiger partial charge >= 0.3 is 0 Å². The number of rotatable bonds is 49. The van der Waals surface area contributed by atoms with Crippen molar-refractivity contribution in [2.75, 3.05) is 0 Å². The Kier molecular flexibility index (Phi) is 43.0. The van der Waals surface area contributed by atoms with Crippen molar-refractivity contribution in [3.63, 3.8) is 0 Å². The quantitative estimate of drug-likeness (QED) is 0.0525. The maximum atomic E-state index is 11.3. The van der Waals surface area contributed by atoms with Gasteiger partial charge in [-0.3, -0.25) is 4.55 Å². The third-order valence-electron chi connectivity index (χ3n) is 13.3. The minimum Gasteiger partial charge on any atom is -0.282 e. The van der Waals surface area contributed by atoms with Gasteiger partial charge in [0.15, 0.2) is 0 Å². The average Bonchev–Trinajstić information content (AvgIpc) is 3.23. The number of benzene rings is 1. The van der Waals surface area contributed by atoms with Crippen molar-refractivity contribution >= 4 is 10.1 Å². The van der Waals surface area contributed by atoms with Crippen LogP contribution in [0, 0.1) is 0 Å². The van der Waals surface area contributed by atoms with Gasteiger partial charge < -0.3 is 0 Å². The molecule has 0 fully saturated rings. The van der Waals surface area contributed by atoms with Crippen LogP contribution < -0.4 is 0 Å². The SMILES string of the molecule is CCCCCCCCCCCCCCCCCCCCCCCCCCCCCCCCCCCCCCCCCCCCCCCCCc1cccc(S(=O)(=O)O)c1. The van der Waals surface area contributed by atoms with Gasteiger partial charge in [-0.15, -0.1) is 0 Å². The Hall–Kier alpha value is -0.870. The van der Waals surface area contributed by atoms with Crippen LogP contribution >= 0.6 is 0 Å². The monoisotopic (exact) mass is 845 g/mol. The zero-order chi connectivity index (χ0) is 42.4. The second-order valence-corrected chi connectivity index (χ2v) is 20.6. The van der Waals surface area contributed by atoms with Crippen molar-refractivity contribution in [2.45, 2.75) is 320 Å². The van der Waals surface area contributed by atoms with E-state index in [4.69, 9.17) is 0 Å². The van der Waals surface area contributed by atoms with Crippen LogP contribution in [0.2, 0.25) is 0 Å². The molecule has 0 atom stereocenters. The zero-order valence-corrected chi connectivity index (χ0v) is 40.7. The van der Waals surface area contributed by atoms with Gasteiger partial charge in [-0.25, -0.2) is 0 Å². The third-order valence-corrected chi connectivity index (χ3v) is 14.1. The fourth-order valence-electron chi connectivity index (χ4n) is 9.22. The molecule has 1 aromatic rings. The molecule has 0 radical (unpaired) electrons. The lowest BCUT2D eigenvalue weighted by Gasteiger charge is -2.05. The van der Waals surface area contributed by atoms with Gasteiger partial charge in [-0.2, -0.15) is 8.42 Å². The van der Waals surface area contributed by atoms with Crippen molar-refractivity contribution < 1.29 is 13.0 Å². The van der Waals surface area contributed by atoms with E-state index >= 15 is 0 Å². The molecule has 3 nitrogen and oxygen atoms in total. The Bertz CT molecular complexity index is 1070. The molecule has 4 heteroatoms. The number of aryl methyl sites for hydroxylation is 1. The van der Waals surface area contributed by atoms with Gasteiger partial charge in [0.2, 0.25) is 0 Å². The van der Waals surface area contributed by atoms with E-state index < -0.39 is 10.1 Å². The van der Waals surface area contributed by atoms with Crippen molar-refractivity contribution in [3.05, 3.63) is 29.8 Å². The van der Waals surface area contributed by atoms with E-state index in [0.717, 1.165) is 18.4 Å². The zero-order valence-electron chi connectivity index (χ0n) is 39.9. The lowest BCUT2D eigenvalue weighted by Crippen LogP contribution is -1.98. The highest BCUT2D eigenvalue weighted by molar-refractivity contribution is 7.85. The molecule has 0 heterocycles. The van der Waals surface area contributed by atoms with Gasteiger partial charge in [0.05, 0.1) is 4.90 Å². The molecule has 0 amide bonds. The molecule has 0 aliphatic carbocycles. The molecule has 348 valence electrons. The highest BCUT2D eigenvalue weighted by Gasteiger charge is 2.09. The minimum absolute atomic E-state index is 0.00691. The van der Waals surface area contributed by atoms with E-state index in [1.54, 1.807) is 12.1 Å². The van der Waals surface area contributed by atoms with E-state index in [9.17, 15) is 13.0 Å². The van der Waals surface area contributed by atoms with Crippen LogP contribution in [0.4, 0.5) is 0 Å². The summed E-state index contributed by atoms with van der Waals surface area (Å²) in [4.78, 5) is 0.00691. The normalized spacial score (nSPS) is 11.9. The number of hydrogen-bond donors (Lipinski definition) is 1. The first-order valence-electron chi connectivity index (χ1n) is 27.1. The van der Waals surface area contributed by atoms with E-state index in [2.05, 4.69) is 6.92 Å². The molecule has 0 aromatic heterocycles. The van der Waals surface area contributed by atoms with Crippen molar-refractivity contribution in [3.8, 4) is 0 Å². The molecule has 1 N–H and O–H groups in total. The van der Waals surface area contributed by atoms with Crippen LogP contribution in [0.25, 0.3) is 0 Å². The molecule has 0 spiro atoms. The predicted octanol–water partition coefficient (Wildman–Crippen LogP) is 19.8. The molecule has 0 saturated heterocycles. The average molecular weight is 846 g/mol. The fourth-order valence-corrected chi connectivity index (χ4v) is 9.77. The smallest absolute Gasteiger partial charge is 0.282 e. The Balaban J connectivity index is 1.63. The highest BCUT2D eigenvalue weighted by Crippen LogP contribution is 2.19. The summed E-state index contributed by atoms with van der Waals surface area (Å²) in [6.45, 7) is 2.31. The van der Waals surface area contributed by atoms with Crippen LogP contribution in [-0.4, -0.2) is 13.0 Å². The first-order chi connectivity index (χ1) is 29.0. The summed E-state index contributed by atoms with van der Waals surface area (Å²) >= 11 is 0. The molecule has 59 heavy (non-hydrogen) atoms. The van der Waals surface area contributed by atoms with Crippen LogP contribution in [0.1, 0.15) is 314 Å². The predicted molar refractivity (Wildman–Crippen MR) is 263 cm³/mol. The maximum absolute atomic E-state index is 11.3. The second kappa shape index (κ2) is 45.2. The summed E-state index contributed by atoms with van der Waals surface area (Å²) in [5.41, 5.74) is 0.993. The van der Waals surface area contributed by atoms with Crippen LogP contribution in [0.15, 0.2) is 29.2 Å². The van der Waals surface area contributed by atoms with Gasteiger partial charge in [-0.1, -0.05) is 314 Å². The maximum Gasteiger partial charge on any atom is 0.294 e. The molecule has 0 bridgehead atoms. The Morgan fingerprint density at radius 3 is 0.729 bits per heavy atom. The molecule has 0 unspecified atom stereocenters. The number of hydrogen-bond acceptors (Lipinski definition) is 2. The van der Waals surface area contributed by atoms with E-state index in [-0.39, 0.29) is 4.90 Å². The highest BCUT2D eigenvalue weighted by atomic mass is 32.2. The minimum atomic E-state index is -4.10. The second-order valence-electron chi connectivity index (χ2n) is 19.1. The summed E-state index contributed by atoms with van der Waals surface area (Å²) in [6.07, 6.45) is 68.5. The van der Waals surface area contributed by atoms with Crippen molar-refractivity contribution in [1.29, 1.82) is 0 Å². The van der Waals surface area contributed by atoms with Crippen LogP contribution in [0.3, 0.4) is 0 Å². The first-order valence-corrected chi connectivity index (χ1v) is 28.5. The van der Waals surface area contributed by atoms with Gasteiger partial charge in [0.1, 0.15) is 0 Å². The summed E-state index contributed by atoms with van der Waals surface area (Å²) < 4.78 is 31.8. The number of unbranched alkanes of at least 4 members (excludes halogenated alkanes) is 46. The lowest BCUT2D eigenvalue weighted by molar-refractivity contribution is 0.483. The molecule has 1 aromatic carbocycles. The fraction of sp³-hybridized carbons (Fsp3) is 0.891. The van der Waals surface area contributed by atoms with E-state index in [0.29, 0.717) is 0 Å². The summed E-state index contributed by atoms with van der Waals surface area (Å²) in [7, 11) is -4.10. The Labute approximate surface area is 371 Å². The molecule has 0 aliphatic heterocycles. The Morgan fingerprint density at radius 2 is 0.525 bits per heavy atom. The van der Waals surface area contributed by atoms with E-state index in [1.807, 2.05) is 6.07 Å². The Morgan fingerprint density at radius 1 is 0.322 bits per heavy atom. The molecule has 1 rings (SSSR count). The molecule has 0 aliphatic rings. The van der Waals surface area contributed by atoms with Gasteiger partial charge in [-0.05, 0) is 30.5 Å². The first kappa shape index (κ1) is 56.1. The summed E-state index contributed by atoms with van der Waals surface area (Å²) in [5, 5.41) is 0. The van der Waals surface area contributed by atoms with Crippen LogP contribution in [0.5, 0.6) is 0 Å². The molecular formula is C55H104O3S. The standard InChI is InChI=1S/C55H104O3S/c1-2-3-4-5-6-7-8-9-10-11-12-13-14-15-16-17-18-19-20-21-22-23-24-25-26-27-28-29-30-31-32-33-34-35-36-37-38-39-40-41-42-43-44-45-46-47-48-50-54-51-49-52-55(53-54)59(56,57)58/h49,51-53H,2-48,50H2,1H3,(H,56,57,58).